The molecule has 0 atom stereocenters. The van der Waals surface area contributed by atoms with Gasteiger partial charge in [0.2, 0.25) is 0 Å². The molecule has 0 aliphatic rings. The zero-order chi connectivity index (χ0) is 19.8. The van der Waals surface area contributed by atoms with E-state index in [1.165, 1.54) is 0 Å². The molecule has 0 spiro atoms. The SMILES string of the molecule is CCOc1cc(/C=N\Nc2ccccc2)cc(Br)c1OCc1ccc(Br)cc1. The molecule has 4 nitrogen and oxygen atoms in total. The second-order valence-electron chi connectivity index (χ2n) is 5.91. The molecule has 6 heteroatoms. The third-order valence-corrected chi connectivity index (χ3v) is 4.93. The van der Waals surface area contributed by atoms with Gasteiger partial charge in [-0.15, -0.1) is 0 Å². The van der Waals surface area contributed by atoms with E-state index >= 15 is 0 Å². The number of ether oxygens (including phenoxy) is 2. The summed E-state index contributed by atoms with van der Waals surface area (Å²) >= 11 is 7.04. The Kier molecular flexibility index (Phi) is 7.51. The minimum Gasteiger partial charge on any atom is -0.490 e. The van der Waals surface area contributed by atoms with Gasteiger partial charge in [-0.3, -0.25) is 5.43 Å². The van der Waals surface area contributed by atoms with Crippen molar-refractivity contribution in [2.24, 2.45) is 5.10 Å². The molecule has 0 bridgehead atoms. The van der Waals surface area contributed by atoms with Gasteiger partial charge in [0, 0.05) is 4.47 Å². The largest absolute Gasteiger partial charge is 0.490 e. The van der Waals surface area contributed by atoms with Gasteiger partial charge in [-0.1, -0.05) is 46.3 Å². The number of nitrogens with one attached hydrogen (secondary N) is 1. The smallest absolute Gasteiger partial charge is 0.175 e. The van der Waals surface area contributed by atoms with Gasteiger partial charge in [-0.05, 0) is 70.4 Å². The van der Waals surface area contributed by atoms with Crippen molar-refractivity contribution in [3.8, 4) is 11.5 Å². The lowest BCUT2D eigenvalue weighted by Gasteiger charge is -2.14. The van der Waals surface area contributed by atoms with Crippen LogP contribution in [0.4, 0.5) is 5.69 Å². The Morgan fingerprint density at radius 2 is 1.71 bits per heavy atom. The Morgan fingerprint density at radius 3 is 2.43 bits per heavy atom. The number of hydrazone groups is 1. The number of para-hydroxylation sites is 1. The van der Waals surface area contributed by atoms with Crippen LogP contribution in [0.1, 0.15) is 18.1 Å². The summed E-state index contributed by atoms with van der Waals surface area (Å²) in [5.74, 6) is 1.35. The van der Waals surface area contributed by atoms with Crippen molar-refractivity contribution in [3.05, 3.63) is 86.8 Å². The van der Waals surface area contributed by atoms with Gasteiger partial charge in [-0.25, -0.2) is 0 Å². The van der Waals surface area contributed by atoms with Crippen molar-refractivity contribution in [1.82, 2.24) is 0 Å². The van der Waals surface area contributed by atoms with Gasteiger partial charge >= 0.3 is 0 Å². The summed E-state index contributed by atoms with van der Waals surface area (Å²) in [7, 11) is 0. The lowest BCUT2D eigenvalue weighted by Crippen LogP contribution is -2.01. The molecule has 0 unspecified atom stereocenters. The summed E-state index contributed by atoms with van der Waals surface area (Å²) in [5, 5.41) is 4.29. The van der Waals surface area contributed by atoms with Crippen LogP contribution in [0.3, 0.4) is 0 Å². The normalized spacial score (nSPS) is 10.8. The Morgan fingerprint density at radius 1 is 0.964 bits per heavy atom. The van der Waals surface area contributed by atoms with Crippen LogP contribution in [-0.2, 0) is 6.61 Å². The van der Waals surface area contributed by atoms with E-state index in [0.29, 0.717) is 24.7 Å². The second kappa shape index (κ2) is 10.3. The summed E-state index contributed by atoms with van der Waals surface area (Å²) in [5.41, 5.74) is 5.91. The average molecular weight is 504 g/mol. The maximum atomic E-state index is 6.03. The zero-order valence-corrected chi connectivity index (χ0v) is 18.5. The number of hydrogen-bond acceptors (Lipinski definition) is 4. The number of benzene rings is 3. The standard InChI is InChI=1S/C22H20Br2N2O2/c1-2-27-21-13-17(14-25-26-19-6-4-3-5-7-19)12-20(24)22(21)28-15-16-8-10-18(23)11-9-16/h3-14,26H,2,15H2,1H3/b25-14-. The molecule has 0 fully saturated rings. The Balaban J connectivity index is 1.74. The maximum Gasteiger partial charge on any atom is 0.175 e. The first kappa shape index (κ1) is 20.4. The third kappa shape index (κ3) is 5.84. The number of rotatable bonds is 8. The van der Waals surface area contributed by atoms with Crippen LogP contribution in [-0.4, -0.2) is 12.8 Å². The highest BCUT2D eigenvalue weighted by atomic mass is 79.9. The number of hydrogen-bond donors (Lipinski definition) is 1. The molecule has 3 aromatic carbocycles. The molecule has 144 valence electrons. The second-order valence-corrected chi connectivity index (χ2v) is 7.68. The molecule has 0 aliphatic heterocycles. The van der Waals surface area contributed by atoms with E-state index in [9.17, 15) is 0 Å². The zero-order valence-electron chi connectivity index (χ0n) is 15.4. The lowest BCUT2D eigenvalue weighted by atomic mass is 10.2. The van der Waals surface area contributed by atoms with Crippen LogP contribution in [0.15, 0.2) is 80.8 Å². The van der Waals surface area contributed by atoms with Gasteiger partial charge < -0.3 is 9.47 Å². The first-order chi connectivity index (χ1) is 13.7. The first-order valence-electron chi connectivity index (χ1n) is 8.83. The Bertz CT molecular complexity index is 929. The van der Waals surface area contributed by atoms with E-state index in [4.69, 9.17) is 9.47 Å². The monoisotopic (exact) mass is 502 g/mol. The summed E-state index contributed by atoms with van der Waals surface area (Å²) in [6, 6.07) is 21.7. The van der Waals surface area contributed by atoms with Crippen LogP contribution >= 0.6 is 31.9 Å². The van der Waals surface area contributed by atoms with Crippen LogP contribution in [0, 0.1) is 0 Å². The van der Waals surface area contributed by atoms with E-state index in [1.807, 2.05) is 73.7 Å². The van der Waals surface area contributed by atoms with Gasteiger partial charge in [0.05, 0.1) is 23.0 Å². The molecular weight excluding hydrogens is 484 g/mol. The van der Waals surface area contributed by atoms with Gasteiger partial charge in [0.25, 0.3) is 0 Å². The molecule has 0 heterocycles. The molecular formula is C22H20Br2N2O2. The van der Waals surface area contributed by atoms with Crippen molar-refractivity contribution < 1.29 is 9.47 Å². The fraction of sp³-hybridized carbons (Fsp3) is 0.136. The highest BCUT2D eigenvalue weighted by Gasteiger charge is 2.12. The molecule has 0 radical (unpaired) electrons. The van der Waals surface area contributed by atoms with Crippen LogP contribution in [0.25, 0.3) is 0 Å². The topological polar surface area (TPSA) is 42.8 Å². The molecule has 28 heavy (non-hydrogen) atoms. The molecule has 0 aromatic heterocycles. The van der Waals surface area contributed by atoms with Crippen molar-refractivity contribution in [1.29, 1.82) is 0 Å². The van der Waals surface area contributed by atoms with Crippen LogP contribution in [0.2, 0.25) is 0 Å². The highest BCUT2D eigenvalue weighted by Crippen LogP contribution is 2.37. The summed E-state index contributed by atoms with van der Waals surface area (Å²) in [6.45, 7) is 2.95. The van der Waals surface area contributed by atoms with E-state index in [0.717, 1.165) is 25.8 Å². The molecule has 0 saturated carbocycles. The van der Waals surface area contributed by atoms with E-state index in [1.54, 1.807) is 6.21 Å². The van der Waals surface area contributed by atoms with Crippen LogP contribution < -0.4 is 14.9 Å². The minimum absolute atomic E-state index is 0.453. The van der Waals surface area contributed by atoms with Crippen molar-refractivity contribution in [2.75, 3.05) is 12.0 Å². The van der Waals surface area contributed by atoms with E-state index in [-0.39, 0.29) is 0 Å². The maximum absolute atomic E-state index is 6.03. The van der Waals surface area contributed by atoms with Crippen molar-refractivity contribution in [2.45, 2.75) is 13.5 Å². The minimum atomic E-state index is 0.453. The summed E-state index contributed by atoms with van der Waals surface area (Å²) in [4.78, 5) is 0. The molecule has 0 amide bonds. The highest BCUT2D eigenvalue weighted by molar-refractivity contribution is 9.10. The molecule has 3 aromatic rings. The predicted molar refractivity (Wildman–Crippen MR) is 121 cm³/mol. The number of nitrogens with zero attached hydrogens (tertiary/aromatic N) is 1. The Hall–Kier alpha value is -2.31. The lowest BCUT2D eigenvalue weighted by molar-refractivity contribution is 0.267. The van der Waals surface area contributed by atoms with E-state index in [2.05, 4.69) is 42.4 Å². The van der Waals surface area contributed by atoms with Gasteiger partial charge in [0.15, 0.2) is 11.5 Å². The predicted octanol–water partition coefficient (Wildman–Crippen LogP) is 6.64. The quantitative estimate of drug-likeness (QED) is 0.277. The first-order valence-corrected chi connectivity index (χ1v) is 10.4. The van der Waals surface area contributed by atoms with E-state index < -0.39 is 0 Å². The summed E-state index contributed by atoms with van der Waals surface area (Å²) in [6.07, 6.45) is 1.75. The molecule has 0 saturated heterocycles. The van der Waals surface area contributed by atoms with Crippen molar-refractivity contribution >= 4 is 43.8 Å². The summed E-state index contributed by atoms with van der Waals surface area (Å²) < 4.78 is 13.7. The molecule has 0 aliphatic carbocycles. The Labute approximate surface area is 181 Å². The fourth-order valence-electron chi connectivity index (χ4n) is 2.50. The van der Waals surface area contributed by atoms with Crippen LogP contribution in [0.5, 0.6) is 11.5 Å². The molecule has 1 N–H and O–H groups in total. The van der Waals surface area contributed by atoms with Crippen molar-refractivity contribution in [3.63, 3.8) is 0 Å². The number of halogens is 2. The number of anilines is 1. The fourth-order valence-corrected chi connectivity index (χ4v) is 3.33. The third-order valence-electron chi connectivity index (χ3n) is 3.81. The van der Waals surface area contributed by atoms with Gasteiger partial charge in [-0.2, -0.15) is 5.10 Å². The average Bonchev–Trinajstić information content (AvgIpc) is 2.70. The van der Waals surface area contributed by atoms with Gasteiger partial charge in [0.1, 0.15) is 6.61 Å². The molecule has 3 rings (SSSR count).